The molecule has 1 heterocycles. The van der Waals surface area contributed by atoms with Crippen molar-refractivity contribution in [1.82, 2.24) is 5.32 Å². The Morgan fingerprint density at radius 2 is 1.67 bits per heavy atom. The standard InChI is InChI=1S/C20H26FNO5/c1-5-26-18(24)20(19(25)27-6-2)16(12(3)4)15(11-23)17(22-20)13-7-9-14(21)10-8-13/h7-12,15-17,22H,5-6H2,1-4H3/t15-,16-,17-/m1/s1. The van der Waals surface area contributed by atoms with Crippen molar-refractivity contribution >= 4 is 18.2 Å². The molecule has 27 heavy (non-hydrogen) atoms. The number of hydrogen-bond donors (Lipinski definition) is 1. The van der Waals surface area contributed by atoms with E-state index in [2.05, 4.69) is 5.32 Å². The molecule has 7 heteroatoms. The van der Waals surface area contributed by atoms with E-state index in [0.717, 1.165) is 6.29 Å². The minimum absolute atomic E-state index is 0.0828. The molecule has 1 aromatic carbocycles. The smallest absolute Gasteiger partial charge is 0.338 e. The van der Waals surface area contributed by atoms with E-state index in [0.29, 0.717) is 5.56 Å². The van der Waals surface area contributed by atoms with Gasteiger partial charge in [0.25, 0.3) is 0 Å². The lowest BCUT2D eigenvalue weighted by atomic mass is 9.72. The van der Waals surface area contributed by atoms with Crippen molar-refractivity contribution in [3.63, 3.8) is 0 Å². The molecule has 1 aliphatic heterocycles. The van der Waals surface area contributed by atoms with Crippen LogP contribution in [0.15, 0.2) is 24.3 Å². The van der Waals surface area contributed by atoms with Gasteiger partial charge in [-0.3, -0.25) is 5.32 Å². The van der Waals surface area contributed by atoms with Crippen LogP contribution in [0.5, 0.6) is 0 Å². The first kappa shape index (κ1) is 21.0. The highest BCUT2D eigenvalue weighted by molar-refractivity contribution is 6.06. The molecule has 0 aliphatic carbocycles. The van der Waals surface area contributed by atoms with Crippen LogP contribution in [0.1, 0.15) is 39.3 Å². The zero-order valence-corrected chi connectivity index (χ0v) is 16.0. The second-order valence-corrected chi connectivity index (χ2v) is 6.91. The third-order valence-corrected chi connectivity index (χ3v) is 4.98. The highest BCUT2D eigenvalue weighted by atomic mass is 19.1. The molecule has 6 nitrogen and oxygen atoms in total. The van der Waals surface area contributed by atoms with Gasteiger partial charge in [0.05, 0.1) is 13.2 Å². The van der Waals surface area contributed by atoms with Crippen molar-refractivity contribution < 1.29 is 28.2 Å². The number of carbonyl (C=O) groups excluding carboxylic acids is 3. The summed E-state index contributed by atoms with van der Waals surface area (Å²) in [5.74, 6) is -3.52. The van der Waals surface area contributed by atoms with Gasteiger partial charge in [-0.15, -0.1) is 0 Å². The van der Waals surface area contributed by atoms with E-state index in [1.807, 2.05) is 13.8 Å². The lowest BCUT2D eigenvalue weighted by Crippen LogP contribution is -2.61. The third-order valence-electron chi connectivity index (χ3n) is 4.98. The third kappa shape index (κ3) is 3.74. The summed E-state index contributed by atoms with van der Waals surface area (Å²) in [5.41, 5.74) is -1.19. The number of esters is 2. The molecule has 1 aromatic rings. The zero-order valence-electron chi connectivity index (χ0n) is 16.0. The first-order chi connectivity index (χ1) is 12.8. The number of halogens is 1. The van der Waals surface area contributed by atoms with Gasteiger partial charge in [0.15, 0.2) is 0 Å². The van der Waals surface area contributed by atoms with Gasteiger partial charge in [-0.1, -0.05) is 26.0 Å². The normalized spacial score (nSPS) is 23.9. The maximum absolute atomic E-state index is 13.3. The monoisotopic (exact) mass is 379 g/mol. The van der Waals surface area contributed by atoms with Gasteiger partial charge >= 0.3 is 11.9 Å². The number of benzene rings is 1. The molecule has 3 atom stereocenters. The molecule has 0 radical (unpaired) electrons. The molecule has 0 bridgehead atoms. The quantitative estimate of drug-likeness (QED) is 0.445. The summed E-state index contributed by atoms with van der Waals surface area (Å²) in [5, 5.41) is 3.04. The van der Waals surface area contributed by atoms with E-state index in [4.69, 9.17) is 9.47 Å². The van der Waals surface area contributed by atoms with Crippen LogP contribution < -0.4 is 5.32 Å². The fourth-order valence-corrected chi connectivity index (χ4v) is 3.98. The predicted octanol–water partition coefficient (Wildman–Crippen LogP) is 2.42. The minimum Gasteiger partial charge on any atom is -0.464 e. The lowest BCUT2D eigenvalue weighted by Gasteiger charge is -2.33. The summed E-state index contributed by atoms with van der Waals surface area (Å²) < 4.78 is 23.7. The molecule has 148 valence electrons. The van der Waals surface area contributed by atoms with Crippen LogP contribution in [0.4, 0.5) is 4.39 Å². The number of ether oxygens (including phenoxy) is 2. The van der Waals surface area contributed by atoms with Crippen LogP contribution >= 0.6 is 0 Å². The summed E-state index contributed by atoms with van der Waals surface area (Å²) in [6.07, 6.45) is 0.742. The van der Waals surface area contributed by atoms with E-state index < -0.39 is 41.2 Å². The predicted molar refractivity (Wildman–Crippen MR) is 96.2 cm³/mol. The van der Waals surface area contributed by atoms with Gasteiger partial charge < -0.3 is 14.3 Å². The highest BCUT2D eigenvalue weighted by Gasteiger charge is 2.65. The van der Waals surface area contributed by atoms with Crippen LogP contribution in [0.25, 0.3) is 0 Å². The average molecular weight is 379 g/mol. The highest BCUT2D eigenvalue weighted by Crippen LogP contribution is 2.47. The molecule has 1 aliphatic rings. The van der Waals surface area contributed by atoms with Gasteiger partial charge in [0.1, 0.15) is 12.1 Å². The average Bonchev–Trinajstić information content (AvgIpc) is 2.99. The molecule has 2 rings (SSSR count). The molecule has 0 aromatic heterocycles. The van der Waals surface area contributed by atoms with Crippen molar-refractivity contribution in [3.8, 4) is 0 Å². The van der Waals surface area contributed by atoms with E-state index in [1.54, 1.807) is 13.8 Å². The van der Waals surface area contributed by atoms with E-state index in [-0.39, 0.29) is 19.1 Å². The molecule has 1 N–H and O–H groups in total. The van der Waals surface area contributed by atoms with Gasteiger partial charge in [-0.25, -0.2) is 14.0 Å². The minimum atomic E-state index is -1.80. The summed E-state index contributed by atoms with van der Waals surface area (Å²) >= 11 is 0. The maximum Gasteiger partial charge on any atom is 0.338 e. The fourth-order valence-electron chi connectivity index (χ4n) is 3.98. The largest absolute Gasteiger partial charge is 0.464 e. The number of rotatable bonds is 7. The maximum atomic E-state index is 13.3. The van der Waals surface area contributed by atoms with Gasteiger partial charge in [0, 0.05) is 17.9 Å². The Hall–Kier alpha value is -2.28. The van der Waals surface area contributed by atoms with Crippen LogP contribution in [-0.2, 0) is 23.9 Å². The second kappa shape index (κ2) is 8.61. The van der Waals surface area contributed by atoms with Gasteiger partial charge in [-0.05, 0) is 37.5 Å². The van der Waals surface area contributed by atoms with E-state index >= 15 is 0 Å². The molecule has 0 amide bonds. The SMILES string of the molecule is CCOC(=O)C1(C(=O)OCC)N[C@H](c2ccc(F)cc2)[C@H](C=O)[C@H]1C(C)C. The Labute approximate surface area is 158 Å². The molecule has 1 saturated heterocycles. The molecular weight excluding hydrogens is 353 g/mol. The fraction of sp³-hybridized carbons (Fsp3) is 0.550. The number of aldehydes is 1. The van der Waals surface area contributed by atoms with Crippen molar-refractivity contribution in [1.29, 1.82) is 0 Å². The second-order valence-electron chi connectivity index (χ2n) is 6.91. The molecule has 0 saturated carbocycles. The molecular formula is C20H26FNO5. The Bertz CT molecular complexity index is 670. The van der Waals surface area contributed by atoms with Crippen LogP contribution in [0.3, 0.4) is 0 Å². The van der Waals surface area contributed by atoms with Crippen LogP contribution in [0, 0.1) is 23.6 Å². The summed E-state index contributed by atoms with van der Waals surface area (Å²) in [6, 6.07) is 4.97. The number of carbonyl (C=O) groups is 3. The summed E-state index contributed by atoms with van der Waals surface area (Å²) in [7, 11) is 0. The van der Waals surface area contributed by atoms with Crippen molar-refractivity contribution in [3.05, 3.63) is 35.6 Å². The van der Waals surface area contributed by atoms with Gasteiger partial charge in [0.2, 0.25) is 5.54 Å². The topological polar surface area (TPSA) is 81.7 Å². The Kier molecular flexibility index (Phi) is 6.70. The Morgan fingerprint density at radius 1 is 1.15 bits per heavy atom. The van der Waals surface area contributed by atoms with Crippen LogP contribution in [-0.4, -0.2) is 37.0 Å². The van der Waals surface area contributed by atoms with E-state index in [1.165, 1.54) is 24.3 Å². The molecule has 0 spiro atoms. The Balaban J connectivity index is 2.61. The first-order valence-electron chi connectivity index (χ1n) is 9.16. The zero-order chi connectivity index (χ0) is 20.2. The van der Waals surface area contributed by atoms with Crippen LogP contribution in [0.2, 0.25) is 0 Å². The van der Waals surface area contributed by atoms with Gasteiger partial charge in [-0.2, -0.15) is 0 Å². The summed E-state index contributed by atoms with van der Waals surface area (Å²) in [4.78, 5) is 37.9. The Morgan fingerprint density at radius 3 is 2.07 bits per heavy atom. The molecule has 1 fully saturated rings. The van der Waals surface area contributed by atoms with Crippen molar-refractivity contribution in [2.75, 3.05) is 13.2 Å². The molecule has 0 unspecified atom stereocenters. The van der Waals surface area contributed by atoms with E-state index in [9.17, 15) is 18.8 Å². The number of hydrogen-bond acceptors (Lipinski definition) is 6. The first-order valence-corrected chi connectivity index (χ1v) is 9.16. The summed E-state index contributed by atoms with van der Waals surface area (Å²) in [6.45, 7) is 7.13. The number of nitrogens with one attached hydrogen (secondary N) is 1. The lowest BCUT2D eigenvalue weighted by molar-refractivity contribution is -0.169. The van der Waals surface area contributed by atoms with Crippen molar-refractivity contribution in [2.24, 2.45) is 17.8 Å². The van der Waals surface area contributed by atoms with Crippen molar-refractivity contribution in [2.45, 2.75) is 39.3 Å².